The van der Waals surface area contributed by atoms with Gasteiger partial charge in [-0.05, 0) is 7.05 Å². The highest BCUT2D eigenvalue weighted by molar-refractivity contribution is 5.40. The van der Waals surface area contributed by atoms with E-state index >= 15 is 0 Å². The summed E-state index contributed by atoms with van der Waals surface area (Å²) in [4.78, 5) is 8.40. The summed E-state index contributed by atoms with van der Waals surface area (Å²) in [6.07, 6.45) is 5.31. The van der Waals surface area contributed by atoms with E-state index in [2.05, 4.69) is 15.3 Å². The first-order valence-corrected chi connectivity index (χ1v) is 4.35. The number of fused-ring (bicyclic) bond motifs is 1. The maximum atomic E-state index is 5.16. The van der Waals surface area contributed by atoms with Crippen molar-refractivity contribution < 1.29 is 4.74 Å². The zero-order valence-electron chi connectivity index (χ0n) is 8.19. The van der Waals surface area contributed by atoms with E-state index in [4.69, 9.17) is 4.74 Å². The minimum absolute atomic E-state index is 0.692. The Labute approximate surface area is 81.7 Å². The smallest absolute Gasteiger partial charge is 0.218 e. The molecule has 2 rings (SSSR count). The Balaban J connectivity index is 2.52. The van der Waals surface area contributed by atoms with Crippen LogP contribution in [0, 0.1) is 0 Å². The zero-order valence-corrected chi connectivity index (χ0v) is 8.19. The van der Waals surface area contributed by atoms with Gasteiger partial charge in [0.25, 0.3) is 0 Å². The molecule has 0 radical (unpaired) electrons. The van der Waals surface area contributed by atoms with Gasteiger partial charge in [0.15, 0.2) is 5.65 Å². The van der Waals surface area contributed by atoms with Crippen molar-refractivity contribution in [3.05, 3.63) is 24.3 Å². The lowest BCUT2D eigenvalue weighted by molar-refractivity contribution is 0.390. The van der Waals surface area contributed by atoms with Crippen LogP contribution in [-0.2, 0) is 6.54 Å². The minimum atomic E-state index is 0.692. The average molecular weight is 192 g/mol. The van der Waals surface area contributed by atoms with Crippen LogP contribution in [0.25, 0.3) is 5.65 Å². The van der Waals surface area contributed by atoms with Crippen molar-refractivity contribution in [3.63, 3.8) is 0 Å². The van der Waals surface area contributed by atoms with Gasteiger partial charge in [0.05, 0.1) is 25.2 Å². The van der Waals surface area contributed by atoms with Crippen LogP contribution in [-0.4, -0.2) is 28.5 Å². The number of nitrogens with one attached hydrogen (secondary N) is 1. The lowest BCUT2D eigenvalue weighted by Crippen LogP contribution is -2.04. The van der Waals surface area contributed by atoms with Gasteiger partial charge in [-0.25, -0.2) is 4.98 Å². The fraction of sp³-hybridized carbons (Fsp3) is 0.333. The number of hydrogen-bond acceptors (Lipinski definition) is 4. The summed E-state index contributed by atoms with van der Waals surface area (Å²) in [5.74, 6) is 0.692. The van der Waals surface area contributed by atoms with Gasteiger partial charge in [-0.2, -0.15) is 0 Å². The van der Waals surface area contributed by atoms with Crippen molar-refractivity contribution in [1.82, 2.24) is 19.7 Å². The molecule has 0 amide bonds. The Morgan fingerprint density at radius 1 is 1.50 bits per heavy atom. The standard InChI is InChI=1S/C9H12N4O/c1-10-3-7-6-13-8(12-7)4-11-5-9(13)14-2/h4-6,10H,3H2,1-2H3. The summed E-state index contributed by atoms with van der Waals surface area (Å²) in [7, 11) is 3.51. The van der Waals surface area contributed by atoms with Gasteiger partial charge in [0, 0.05) is 12.7 Å². The molecule has 0 atom stereocenters. The summed E-state index contributed by atoms with van der Waals surface area (Å²) in [6, 6.07) is 0. The van der Waals surface area contributed by atoms with Crippen LogP contribution in [0.3, 0.4) is 0 Å². The summed E-state index contributed by atoms with van der Waals surface area (Å²) >= 11 is 0. The third kappa shape index (κ3) is 1.42. The van der Waals surface area contributed by atoms with E-state index in [0.29, 0.717) is 5.88 Å². The first kappa shape index (κ1) is 8.96. The van der Waals surface area contributed by atoms with Crippen LogP contribution in [0.5, 0.6) is 5.88 Å². The molecule has 2 aromatic rings. The van der Waals surface area contributed by atoms with E-state index in [9.17, 15) is 0 Å². The molecule has 0 aliphatic heterocycles. The quantitative estimate of drug-likeness (QED) is 0.767. The van der Waals surface area contributed by atoms with Crippen molar-refractivity contribution >= 4 is 5.65 Å². The van der Waals surface area contributed by atoms with E-state index in [0.717, 1.165) is 17.9 Å². The number of aromatic nitrogens is 3. The lowest BCUT2D eigenvalue weighted by Gasteiger charge is -2.00. The van der Waals surface area contributed by atoms with Crippen LogP contribution in [0.4, 0.5) is 0 Å². The van der Waals surface area contributed by atoms with Crippen LogP contribution < -0.4 is 10.1 Å². The van der Waals surface area contributed by atoms with Crippen LogP contribution in [0.15, 0.2) is 18.6 Å². The Morgan fingerprint density at radius 2 is 2.36 bits per heavy atom. The lowest BCUT2D eigenvalue weighted by atomic mass is 10.5. The predicted octanol–water partition coefficient (Wildman–Crippen LogP) is 0.457. The highest BCUT2D eigenvalue weighted by Gasteiger charge is 2.04. The molecular formula is C9H12N4O. The molecule has 14 heavy (non-hydrogen) atoms. The molecule has 5 heteroatoms. The molecule has 0 spiro atoms. The van der Waals surface area contributed by atoms with Gasteiger partial charge in [-0.15, -0.1) is 0 Å². The third-order valence-electron chi connectivity index (χ3n) is 1.96. The first-order chi connectivity index (χ1) is 6.85. The number of hydrogen-bond donors (Lipinski definition) is 1. The SMILES string of the molecule is CNCc1cn2c(OC)cncc2n1. The Kier molecular flexibility index (Phi) is 2.32. The van der Waals surface area contributed by atoms with Gasteiger partial charge in [0.2, 0.25) is 5.88 Å². The molecule has 0 unspecified atom stereocenters. The van der Waals surface area contributed by atoms with Gasteiger partial charge in [-0.3, -0.25) is 9.38 Å². The second-order valence-corrected chi connectivity index (χ2v) is 2.94. The molecule has 1 N–H and O–H groups in total. The molecule has 0 fully saturated rings. The van der Waals surface area contributed by atoms with Crippen LogP contribution >= 0.6 is 0 Å². The molecule has 5 nitrogen and oxygen atoms in total. The summed E-state index contributed by atoms with van der Waals surface area (Å²) in [5, 5.41) is 3.05. The molecule has 0 saturated carbocycles. The van der Waals surface area contributed by atoms with Crippen molar-refractivity contribution in [3.8, 4) is 5.88 Å². The largest absolute Gasteiger partial charge is 0.481 e. The van der Waals surface area contributed by atoms with Gasteiger partial charge >= 0.3 is 0 Å². The second-order valence-electron chi connectivity index (χ2n) is 2.94. The normalized spacial score (nSPS) is 10.7. The predicted molar refractivity (Wildman–Crippen MR) is 52.3 cm³/mol. The molecule has 0 saturated heterocycles. The number of imidazole rings is 1. The summed E-state index contributed by atoms with van der Waals surface area (Å²) in [6.45, 7) is 0.741. The van der Waals surface area contributed by atoms with Gasteiger partial charge in [-0.1, -0.05) is 0 Å². The maximum absolute atomic E-state index is 5.16. The van der Waals surface area contributed by atoms with E-state index in [1.54, 1.807) is 19.5 Å². The maximum Gasteiger partial charge on any atom is 0.218 e. The van der Waals surface area contributed by atoms with Crippen molar-refractivity contribution in [2.75, 3.05) is 14.2 Å². The van der Waals surface area contributed by atoms with E-state index < -0.39 is 0 Å². The molecule has 0 aliphatic rings. The third-order valence-corrected chi connectivity index (χ3v) is 1.96. The van der Waals surface area contributed by atoms with Crippen molar-refractivity contribution in [1.29, 1.82) is 0 Å². The highest BCUT2D eigenvalue weighted by Crippen LogP contribution is 2.12. The number of rotatable bonds is 3. The molecule has 0 aliphatic carbocycles. The summed E-state index contributed by atoms with van der Waals surface area (Å²) < 4.78 is 7.03. The van der Waals surface area contributed by atoms with Crippen LogP contribution in [0.2, 0.25) is 0 Å². The minimum Gasteiger partial charge on any atom is -0.481 e. The molecular weight excluding hydrogens is 180 g/mol. The fourth-order valence-corrected chi connectivity index (χ4v) is 1.36. The second kappa shape index (κ2) is 3.63. The molecule has 0 aromatic carbocycles. The zero-order chi connectivity index (χ0) is 9.97. The van der Waals surface area contributed by atoms with Crippen LogP contribution in [0.1, 0.15) is 5.69 Å². The fourth-order valence-electron chi connectivity index (χ4n) is 1.36. The number of ether oxygens (including phenoxy) is 1. The highest BCUT2D eigenvalue weighted by atomic mass is 16.5. The van der Waals surface area contributed by atoms with E-state index in [-0.39, 0.29) is 0 Å². The molecule has 74 valence electrons. The Hall–Kier alpha value is -1.62. The van der Waals surface area contributed by atoms with Gasteiger partial charge < -0.3 is 10.1 Å². The monoisotopic (exact) mass is 192 g/mol. The Bertz CT molecular complexity index is 437. The first-order valence-electron chi connectivity index (χ1n) is 4.35. The van der Waals surface area contributed by atoms with Gasteiger partial charge in [0.1, 0.15) is 0 Å². The summed E-state index contributed by atoms with van der Waals surface area (Å²) in [5.41, 5.74) is 1.77. The number of nitrogens with zero attached hydrogens (tertiary/aromatic N) is 3. The number of methoxy groups -OCH3 is 1. The van der Waals surface area contributed by atoms with E-state index in [1.165, 1.54) is 0 Å². The average Bonchev–Trinajstić information content (AvgIpc) is 2.60. The molecule has 2 aromatic heterocycles. The topological polar surface area (TPSA) is 51.5 Å². The van der Waals surface area contributed by atoms with E-state index in [1.807, 2.05) is 17.6 Å². The van der Waals surface area contributed by atoms with Crippen molar-refractivity contribution in [2.24, 2.45) is 0 Å². The van der Waals surface area contributed by atoms with Crippen molar-refractivity contribution in [2.45, 2.75) is 6.54 Å². The Morgan fingerprint density at radius 3 is 3.07 bits per heavy atom. The molecule has 2 heterocycles. The molecule has 0 bridgehead atoms.